The van der Waals surface area contributed by atoms with Crippen molar-refractivity contribution in [1.82, 2.24) is 60.3 Å². The Kier molecular flexibility index (Phi) is 24.8. The third-order valence-corrected chi connectivity index (χ3v) is 23.3. The average molecular weight is 1430 g/mol. The van der Waals surface area contributed by atoms with Gasteiger partial charge >= 0.3 is 25.7 Å². The number of H-pyrrole nitrogens is 1. The number of urea groups is 2. The number of halogens is 2. The van der Waals surface area contributed by atoms with Crippen molar-refractivity contribution in [2.45, 2.75) is 132 Å². The number of nitrogens with one attached hydrogen (secondary N) is 7. The third kappa shape index (κ3) is 18.7. The van der Waals surface area contributed by atoms with Crippen LogP contribution in [-0.2, 0) is 67.4 Å². The molecule has 3 fully saturated rings. The standard InChI is InChI=1S/C57H77F2N19O15P2S2/c1-28(2)41(60)51(81)75-35(7-5-17-65-56(63)84)49(79)73-32-13-9-30(10-14-32)22-96-94(86)88-19-34-37(91-54(39(34)58)77-26-71-43-46(62)67-24-68-47(43)77)20-90-95(87,93-45-38(21-89-94)92-55(40(45)59)78-27-72-44-48(78)69-25-70-53(44)83)97-23-31-11-15-33(16-12-31)74-50(80)36(8-6-18-66-57(64)85)76-52(82)42(61)29(3)4/h9-16,24-29,34-42,45,54-55H,5-8,17-23,60-61H2,1-4H3,(H,73,79)(H,74,80)(H,75,81)(H,76,82)(H2,62,67,68)(H3,63,65,84)(H3,64,66,85)(H,69,70,83)/t34-,35+,36+,37-,38-,39-,40-,41?,42+,45-,54-,55-,94?,95?/m1/s1. The molecule has 97 heavy (non-hydrogen) atoms. The molecule has 3 unspecified atom stereocenters. The van der Waals surface area contributed by atoms with Gasteiger partial charge in [-0.05, 0) is 95.7 Å². The van der Waals surface area contributed by atoms with Crippen LogP contribution in [0.25, 0.3) is 22.3 Å². The Balaban J connectivity index is 0.983. The molecule has 14 atom stereocenters. The molecule has 0 saturated carbocycles. The van der Waals surface area contributed by atoms with Gasteiger partial charge in [0.25, 0.3) is 5.56 Å². The summed E-state index contributed by atoms with van der Waals surface area (Å²) in [5.41, 5.74) is 29.5. The molecule has 0 radical (unpaired) electrons. The lowest BCUT2D eigenvalue weighted by Crippen LogP contribution is -2.51. The van der Waals surface area contributed by atoms with E-state index in [0.717, 1.165) is 23.5 Å². The fraction of sp³-hybridized carbons (Fsp3) is 0.509. The summed E-state index contributed by atoms with van der Waals surface area (Å²) in [6.07, 6.45) is -7.13. The molecule has 526 valence electrons. The first-order valence-electron chi connectivity index (χ1n) is 30.7. The lowest BCUT2D eigenvalue weighted by molar-refractivity contribution is -0.128. The number of benzene rings is 2. The van der Waals surface area contributed by atoms with E-state index in [1.165, 1.54) is 23.0 Å². The zero-order valence-corrected chi connectivity index (χ0v) is 56.3. The summed E-state index contributed by atoms with van der Waals surface area (Å²) in [6, 6.07) is 7.01. The predicted molar refractivity (Wildman–Crippen MR) is 353 cm³/mol. The van der Waals surface area contributed by atoms with Crippen LogP contribution in [-0.4, -0.2) is 162 Å². The van der Waals surface area contributed by atoms with E-state index >= 15 is 17.9 Å². The average Bonchev–Trinajstić information content (AvgIpc) is 1.62. The van der Waals surface area contributed by atoms with Gasteiger partial charge in [0.15, 0.2) is 47.4 Å². The highest BCUT2D eigenvalue weighted by Gasteiger charge is 2.54. The molecule has 6 aromatic rings. The first-order chi connectivity index (χ1) is 46.2. The van der Waals surface area contributed by atoms with Crippen molar-refractivity contribution in [3.8, 4) is 0 Å². The molecule has 8 amide bonds. The molecule has 0 spiro atoms. The summed E-state index contributed by atoms with van der Waals surface area (Å²) in [5.74, 6) is -4.50. The zero-order chi connectivity index (χ0) is 69.9. The van der Waals surface area contributed by atoms with E-state index in [2.05, 4.69) is 61.8 Å². The van der Waals surface area contributed by atoms with Gasteiger partial charge < -0.3 is 79.6 Å². The first kappa shape index (κ1) is 73.5. The van der Waals surface area contributed by atoms with Gasteiger partial charge in [-0.3, -0.25) is 46.7 Å². The summed E-state index contributed by atoms with van der Waals surface area (Å²) in [7, 11) is 0. The van der Waals surface area contributed by atoms with Gasteiger partial charge in [0.05, 0.1) is 57.0 Å². The zero-order valence-electron chi connectivity index (χ0n) is 52.9. The number of ether oxygens (including phenoxy) is 2. The molecule has 2 aromatic carbocycles. The first-order valence-corrected chi connectivity index (χ1v) is 37.0. The molecule has 17 N–H and O–H groups in total. The van der Waals surface area contributed by atoms with E-state index in [-0.39, 0.29) is 95.9 Å². The minimum absolute atomic E-state index is 0.0149. The van der Waals surface area contributed by atoms with Crippen molar-refractivity contribution in [1.29, 1.82) is 0 Å². The van der Waals surface area contributed by atoms with Crippen molar-refractivity contribution in [3.05, 3.63) is 95.3 Å². The van der Waals surface area contributed by atoms with E-state index in [9.17, 15) is 33.6 Å². The molecule has 3 aliphatic heterocycles. The van der Waals surface area contributed by atoms with E-state index in [1.807, 2.05) is 0 Å². The van der Waals surface area contributed by atoms with Gasteiger partial charge in [-0.1, -0.05) is 52.0 Å². The summed E-state index contributed by atoms with van der Waals surface area (Å²) < 4.78 is 106. The van der Waals surface area contributed by atoms with Gasteiger partial charge in [0.2, 0.25) is 23.6 Å². The largest absolute Gasteiger partial charge is 0.389 e. The summed E-state index contributed by atoms with van der Waals surface area (Å²) in [5, 5.41) is 15.8. The second-order valence-electron chi connectivity index (χ2n) is 23.6. The Morgan fingerprint density at radius 2 is 1.11 bits per heavy atom. The molecule has 0 aliphatic carbocycles. The Bertz CT molecular complexity index is 3940. The van der Waals surface area contributed by atoms with Crippen molar-refractivity contribution in [2.24, 2.45) is 40.7 Å². The maximum absolute atomic E-state index is 17.6. The van der Waals surface area contributed by atoms with Crippen LogP contribution >= 0.6 is 36.4 Å². The smallest absolute Gasteiger partial charge is 0.382 e. The highest BCUT2D eigenvalue weighted by atomic mass is 32.7. The molecule has 40 heteroatoms. The monoisotopic (exact) mass is 1430 g/mol. The summed E-state index contributed by atoms with van der Waals surface area (Å²) in [6.45, 7) is -4.33. The second kappa shape index (κ2) is 32.7. The van der Waals surface area contributed by atoms with Crippen LogP contribution in [0.5, 0.6) is 0 Å². The number of aromatic amines is 1. The number of hydrogen-bond acceptors (Lipinski definition) is 25. The maximum Gasteiger partial charge on any atom is 0.389 e. The Morgan fingerprint density at radius 1 is 0.639 bits per heavy atom. The van der Waals surface area contributed by atoms with E-state index in [0.29, 0.717) is 39.6 Å². The molecule has 4 aromatic heterocycles. The Morgan fingerprint density at radius 3 is 1.65 bits per heavy atom. The van der Waals surface area contributed by atoms with E-state index in [4.69, 9.17) is 56.2 Å². The molecular formula is C57H77F2N19O15P2S2. The molecule has 0 bridgehead atoms. The van der Waals surface area contributed by atoms with Crippen LogP contribution in [0.1, 0.15) is 77.0 Å². The van der Waals surface area contributed by atoms with Gasteiger partial charge in [0, 0.05) is 41.9 Å². The SMILES string of the molecule is CC(C)C(N)C(=O)N[C@@H](CCCNC(N)=O)C(=O)Nc1ccc(CSP2(=O)OC[C@H]3[C@@H](F)[C@H](n4cnc5c(N)ncnc54)O[C@@H]3COP(=O)(SCc3ccc(NC(=O)[C@H](CCCNC(N)=O)NC(=O)[C@@H](N)C(C)C)cc3)O[C@H]3[C@@H](F)[C@H](n4cnc5c(=O)[nH]cnc54)O[C@@H]3CO2)cc1. The van der Waals surface area contributed by atoms with Crippen molar-refractivity contribution >= 4 is 112 Å². The van der Waals surface area contributed by atoms with E-state index in [1.54, 1.807) is 64.1 Å². The number of nitrogens with zero attached hydrogens (tertiary/aromatic N) is 7. The van der Waals surface area contributed by atoms with Crippen molar-refractivity contribution in [2.75, 3.05) is 49.3 Å². The molecule has 9 rings (SSSR count). The number of alkyl halides is 2. The van der Waals surface area contributed by atoms with Gasteiger partial charge in [-0.25, -0.2) is 52.4 Å². The number of carbonyl (C=O) groups excluding carboxylic acids is 6. The van der Waals surface area contributed by atoms with Crippen LogP contribution < -0.4 is 66.1 Å². The van der Waals surface area contributed by atoms with E-state index < -0.39 is 148 Å². The number of aromatic nitrogens is 8. The van der Waals surface area contributed by atoms with Crippen LogP contribution in [0, 0.1) is 17.8 Å². The minimum Gasteiger partial charge on any atom is -0.382 e. The number of rotatable bonds is 26. The molecule has 3 aliphatic rings. The van der Waals surface area contributed by atoms with Crippen molar-refractivity contribution < 1.29 is 74.2 Å². The third-order valence-electron chi connectivity index (χ3n) is 16.0. The predicted octanol–water partition coefficient (Wildman–Crippen LogP) is 3.87. The topological polar surface area (TPSA) is 501 Å². The summed E-state index contributed by atoms with van der Waals surface area (Å²) >= 11 is 1.27. The number of imidazole rings is 2. The lowest BCUT2D eigenvalue weighted by Gasteiger charge is -2.26. The highest BCUT2D eigenvalue weighted by Crippen LogP contribution is 2.66. The number of hydrogen-bond donors (Lipinski definition) is 12. The molecule has 34 nitrogen and oxygen atoms in total. The number of nitrogen functional groups attached to an aromatic ring is 1. The quantitative estimate of drug-likeness (QED) is 0.0271. The number of fused-ring (bicyclic) bond motifs is 4. The fourth-order valence-electron chi connectivity index (χ4n) is 10.4. The van der Waals surface area contributed by atoms with Gasteiger partial charge in [0.1, 0.15) is 36.1 Å². The lowest BCUT2D eigenvalue weighted by atomic mass is 10.0. The Hall–Kier alpha value is -7.74. The maximum atomic E-state index is 17.6. The Labute approximate surface area is 561 Å². The van der Waals surface area contributed by atoms with Crippen LogP contribution in [0.15, 0.2) is 78.6 Å². The fourth-order valence-corrected chi connectivity index (χ4v) is 16.9. The minimum atomic E-state index is -4.78. The summed E-state index contributed by atoms with van der Waals surface area (Å²) in [4.78, 5) is 112. The van der Waals surface area contributed by atoms with Gasteiger partial charge in [-0.15, -0.1) is 0 Å². The van der Waals surface area contributed by atoms with Gasteiger partial charge in [-0.2, -0.15) is 0 Å². The second-order valence-corrected chi connectivity index (χ2v) is 31.7. The number of amides is 8. The number of anilines is 3. The number of carbonyl (C=O) groups is 6. The highest BCUT2D eigenvalue weighted by molar-refractivity contribution is 8.55. The molecule has 3 saturated heterocycles. The number of nitrogens with two attached hydrogens (primary N) is 5. The van der Waals surface area contributed by atoms with Crippen molar-refractivity contribution in [3.63, 3.8) is 0 Å². The van der Waals surface area contributed by atoms with Crippen LogP contribution in [0.2, 0.25) is 0 Å². The number of primary amides is 2. The molecule has 7 heterocycles. The molecular weight excluding hydrogens is 1350 g/mol. The normalized spacial score (nSPS) is 24.9. The van der Waals surface area contributed by atoms with Crippen LogP contribution in [0.3, 0.4) is 0 Å². The van der Waals surface area contributed by atoms with Crippen LogP contribution in [0.4, 0.5) is 35.6 Å².